The number of carbonyl (C=O) groups is 1. The van der Waals surface area contributed by atoms with Gasteiger partial charge in [-0.1, -0.05) is 44.6 Å². The van der Waals surface area contributed by atoms with Crippen molar-refractivity contribution in [2.75, 3.05) is 6.54 Å². The number of hydroxylamine groups is 2. The maximum absolute atomic E-state index is 12.8. The summed E-state index contributed by atoms with van der Waals surface area (Å²) in [4.78, 5) is 12.8. The van der Waals surface area contributed by atoms with E-state index in [4.69, 9.17) is 0 Å². The molecule has 0 aromatic carbocycles. The van der Waals surface area contributed by atoms with Crippen LogP contribution in [0.5, 0.6) is 0 Å². The van der Waals surface area contributed by atoms with E-state index in [0.29, 0.717) is 0 Å². The zero-order chi connectivity index (χ0) is 17.0. The number of hydrogen-bond donors (Lipinski definition) is 2. The molecule has 1 saturated heterocycles. The fraction of sp³-hybridized carbons (Fsp3) is 0.947. The molecule has 0 radical (unpaired) electrons. The van der Waals surface area contributed by atoms with Crippen molar-refractivity contribution >= 4 is 16.1 Å². The highest BCUT2D eigenvalue weighted by molar-refractivity contribution is 6.08. The zero-order valence-electron chi connectivity index (χ0n) is 15.5. The summed E-state index contributed by atoms with van der Waals surface area (Å²) in [5.41, 5.74) is -0.263. The van der Waals surface area contributed by atoms with Gasteiger partial charge in [-0.15, -0.1) is 0 Å². The van der Waals surface area contributed by atoms with Crippen LogP contribution in [0.4, 0.5) is 0 Å². The number of amides is 1. The number of hydrogen-bond acceptors (Lipinski definition) is 3. The number of piperidine rings is 1. The molecule has 0 bridgehead atoms. The highest BCUT2D eigenvalue weighted by Gasteiger charge is 2.55. The maximum atomic E-state index is 12.8. The summed E-state index contributed by atoms with van der Waals surface area (Å²) in [5.74, 6) is 0.354. The molecule has 0 aromatic rings. The summed E-state index contributed by atoms with van der Waals surface area (Å²) in [5, 5.41) is 16.3. The summed E-state index contributed by atoms with van der Waals surface area (Å²) >= 11 is 0. The smallest absolute Gasteiger partial charge is 0.223 e. The summed E-state index contributed by atoms with van der Waals surface area (Å²) in [6, 6.07) is 1.25. The van der Waals surface area contributed by atoms with Gasteiger partial charge in [-0.25, -0.2) is 0 Å². The Labute approximate surface area is 150 Å². The van der Waals surface area contributed by atoms with E-state index in [-0.39, 0.29) is 22.9 Å². The first-order valence-electron chi connectivity index (χ1n) is 10.4. The molecule has 1 amide bonds. The molecule has 3 fully saturated rings. The largest absolute Gasteiger partial charge is 0.356 e. The molecular weight excluding hydrogens is 316 g/mol. The predicted octanol–water partition coefficient (Wildman–Crippen LogP) is 2.78. The van der Waals surface area contributed by atoms with Crippen LogP contribution in [0.1, 0.15) is 83.5 Å². The number of nitrogens with one attached hydrogen (secondary N) is 1. The van der Waals surface area contributed by atoms with Crippen LogP contribution < -0.4 is 5.32 Å². The Bertz CT molecular complexity index is 403. The van der Waals surface area contributed by atoms with Crippen molar-refractivity contribution in [1.82, 2.24) is 10.4 Å². The Morgan fingerprint density at radius 2 is 1.50 bits per heavy atom. The molecule has 3 aliphatic rings. The lowest BCUT2D eigenvalue weighted by atomic mass is 9.63. The number of carbonyl (C=O) groups excluding carboxylic acids is 1. The Hall–Kier alpha value is -0.393. The lowest BCUT2D eigenvalue weighted by Crippen LogP contribution is -2.66. The summed E-state index contributed by atoms with van der Waals surface area (Å²) in [6.45, 7) is 0.835. The highest BCUT2D eigenvalue weighted by atomic mass is 28.1. The minimum atomic E-state index is -0.131. The number of rotatable bonds is 4. The second-order valence-corrected chi connectivity index (χ2v) is 9.63. The highest BCUT2D eigenvalue weighted by Crippen LogP contribution is 2.52. The topological polar surface area (TPSA) is 52.6 Å². The van der Waals surface area contributed by atoms with Crippen molar-refractivity contribution in [1.29, 1.82) is 0 Å². The molecule has 2 aliphatic carbocycles. The third kappa shape index (κ3) is 3.58. The van der Waals surface area contributed by atoms with Crippen LogP contribution in [0.2, 0.25) is 6.04 Å². The molecule has 138 valence electrons. The van der Waals surface area contributed by atoms with Crippen LogP contribution in [-0.2, 0) is 4.79 Å². The molecule has 0 atom stereocenters. The van der Waals surface area contributed by atoms with Gasteiger partial charge in [0.25, 0.3) is 0 Å². The molecular formula is C19H36N2O2Si. The van der Waals surface area contributed by atoms with Crippen molar-refractivity contribution in [2.45, 2.75) is 101 Å². The van der Waals surface area contributed by atoms with Crippen LogP contribution >= 0.6 is 0 Å². The molecule has 2 spiro atoms. The van der Waals surface area contributed by atoms with Crippen LogP contribution in [0.3, 0.4) is 0 Å². The molecule has 0 aromatic heterocycles. The van der Waals surface area contributed by atoms with Crippen molar-refractivity contribution in [3.8, 4) is 0 Å². The van der Waals surface area contributed by atoms with E-state index in [0.717, 1.165) is 51.5 Å². The van der Waals surface area contributed by atoms with Gasteiger partial charge in [0.05, 0.1) is 0 Å². The average molecular weight is 353 g/mol. The van der Waals surface area contributed by atoms with Crippen molar-refractivity contribution in [3.63, 3.8) is 0 Å². The number of nitrogens with zero attached hydrogens (tertiary/aromatic N) is 1. The minimum absolute atomic E-state index is 0.0960. The summed E-state index contributed by atoms with van der Waals surface area (Å²) < 4.78 is 0. The predicted molar refractivity (Wildman–Crippen MR) is 100 cm³/mol. The van der Waals surface area contributed by atoms with Gasteiger partial charge in [-0.05, 0) is 44.9 Å². The molecule has 24 heavy (non-hydrogen) atoms. The second kappa shape index (κ2) is 7.88. The van der Waals surface area contributed by atoms with Crippen molar-refractivity contribution in [3.05, 3.63) is 0 Å². The summed E-state index contributed by atoms with van der Waals surface area (Å²) in [7, 11) is 1.22. The van der Waals surface area contributed by atoms with E-state index in [1.807, 2.05) is 0 Å². The van der Waals surface area contributed by atoms with E-state index < -0.39 is 0 Å². The molecule has 0 unspecified atom stereocenters. The first-order valence-corrected chi connectivity index (χ1v) is 11.8. The molecule has 3 rings (SSSR count). The fourth-order valence-electron chi connectivity index (χ4n) is 5.64. The van der Waals surface area contributed by atoms with Gasteiger partial charge in [-0.3, -0.25) is 4.79 Å². The molecule has 5 heteroatoms. The molecule has 1 aliphatic heterocycles. The van der Waals surface area contributed by atoms with Crippen molar-refractivity contribution < 1.29 is 10.0 Å². The quantitative estimate of drug-likeness (QED) is 0.604. The molecule has 2 N–H and O–H groups in total. The zero-order valence-corrected chi connectivity index (χ0v) is 17.5. The standard InChI is InChI=1S/C19H36N2O2Si/c22-17(20-12-7-13-24)16-14-18(8-3-1-4-9-18)21(23)19(15-16)10-5-2-6-11-19/h16,23H,1-15H2,24H3,(H,20,22). The maximum Gasteiger partial charge on any atom is 0.223 e. The van der Waals surface area contributed by atoms with Crippen LogP contribution in [0.15, 0.2) is 0 Å². The minimum Gasteiger partial charge on any atom is -0.356 e. The SMILES string of the molecule is O=C(NCCC[SiH3])C1CC2(CCCCC2)N(O)C2(CCCCC2)C1. The Morgan fingerprint density at radius 1 is 1.00 bits per heavy atom. The monoisotopic (exact) mass is 352 g/mol. The Kier molecular flexibility index (Phi) is 6.04. The van der Waals surface area contributed by atoms with Gasteiger partial charge in [0.1, 0.15) is 0 Å². The second-order valence-electron chi connectivity index (χ2n) is 8.63. The molecule has 2 saturated carbocycles. The Morgan fingerprint density at radius 3 is 1.96 bits per heavy atom. The lowest BCUT2D eigenvalue weighted by molar-refractivity contribution is -0.284. The first-order chi connectivity index (χ1) is 11.6. The first kappa shape index (κ1) is 18.4. The van der Waals surface area contributed by atoms with E-state index in [1.54, 1.807) is 5.06 Å². The third-order valence-electron chi connectivity index (χ3n) is 6.92. The van der Waals surface area contributed by atoms with Crippen LogP contribution in [0.25, 0.3) is 0 Å². The van der Waals surface area contributed by atoms with Gasteiger partial charge in [0.15, 0.2) is 0 Å². The van der Waals surface area contributed by atoms with E-state index >= 15 is 0 Å². The third-order valence-corrected chi connectivity index (χ3v) is 7.63. The van der Waals surface area contributed by atoms with Gasteiger partial charge in [0, 0.05) is 33.8 Å². The van der Waals surface area contributed by atoms with Crippen LogP contribution in [-0.4, -0.2) is 44.0 Å². The van der Waals surface area contributed by atoms with Crippen molar-refractivity contribution in [2.24, 2.45) is 5.92 Å². The molecule has 4 nitrogen and oxygen atoms in total. The van der Waals surface area contributed by atoms with E-state index in [2.05, 4.69) is 5.32 Å². The Balaban J connectivity index is 1.78. The van der Waals surface area contributed by atoms with E-state index in [1.165, 1.54) is 54.8 Å². The molecule has 1 heterocycles. The normalized spacial score (nSPS) is 29.8. The van der Waals surface area contributed by atoms with Gasteiger partial charge >= 0.3 is 0 Å². The van der Waals surface area contributed by atoms with Gasteiger partial charge in [-0.2, -0.15) is 5.06 Å². The summed E-state index contributed by atoms with van der Waals surface area (Å²) in [6.07, 6.45) is 14.4. The van der Waals surface area contributed by atoms with Gasteiger partial charge < -0.3 is 10.5 Å². The lowest BCUT2D eigenvalue weighted by Gasteiger charge is -2.59. The van der Waals surface area contributed by atoms with Crippen LogP contribution in [0, 0.1) is 5.92 Å². The fourth-order valence-corrected chi connectivity index (χ4v) is 5.99. The van der Waals surface area contributed by atoms with Gasteiger partial charge in [0.2, 0.25) is 5.91 Å². The average Bonchev–Trinajstić information content (AvgIpc) is 2.61. The van der Waals surface area contributed by atoms with E-state index in [9.17, 15) is 10.0 Å².